The first-order chi connectivity index (χ1) is 9.69. The van der Waals surface area contributed by atoms with Crippen molar-refractivity contribution < 1.29 is 9.13 Å². The van der Waals surface area contributed by atoms with Crippen LogP contribution in [0.4, 0.5) is 4.39 Å². The molecule has 0 unspecified atom stereocenters. The highest BCUT2D eigenvalue weighted by Gasteiger charge is 2.02. The van der Waals surface area contributed by atoms with E-state index in [1.54, 1.807) is 24.5 Å². The first-order valence-corrected chi connectivity index (χ1v) is 6.60. The second kappa shape index (κ2) is 6.93. The topological polar surface area (TPSA) is 22.1 Å². The van der Waals surface area contributed by atoms with Gasteiger partial charge in [0, 0.05) is 11.8 Å². The second-order valence-corrected chi connectivity index (χ2v) is 4.47. The van der Waals surface area contributed by atoms with Crippen LogP contribution in [0.5, 0.6) is 5.75 Å². The average molecular weight is 290 g/mol. The van der Waals surface area contributed by atoms with Crippen molar-refractivity contribution >= 4 is 11.6 Å². The minimum atomic E-state index is -0.269. The molecular formula is C16H13ClFNO. The third-order valence-electron chi connectivity index (χ3n) is 2.72. The van der Waals surface area contributed by atoms with Crippen molar-refractivity contribution in [3.8, 4) is 17.6 Å². The van der Waals surface area contributed by atoms with Crippen LogP contribution in [-0.2, 0) is 6.61 Å². The number of hydrogen-bond donors (Lipinski definition) is 0. The van der Waals surface area contributed by atoms with E-state index in [2.05, 4.69) is 16.8 Å². The maximum absolute atomic E-state index is 13.2. The lowest BCUT2D eigenvalue weighted by Gasteiger charge is -2.08. The summed E-state index contributed by atoms with van der Waals surface area (Å²) >= 11 is 5.50. The molecule has 1 aromatic carbocycles. The first kappa shape index (κ1) is 14.4. The third kappa shape index (κ3) is 3.97. The summed E-state index contributed by atoms with van der Waals surface area (Å²) in [7, 11) is 0. The van der Waals surface area contributed by atoms with Crippen LogP contribution in [0, 0.1) is 24.6 Å². The van der Waals surface area contributed by atoms with Gasteiger partial charge in [-0.3, -0.25) is 4.98 Å². The highest BCUT2D eigenvalue weighted by atomic mass is 35.5. The molecule has 0 bridgehead atoms. The fraction of sp³-hybridized carbons (Fsp3) is 0.188. The number of pyridine rings is 1. The molecule has 0 radical (unpaired) electrons. The van der Waals surface area contributed by atoms with Crippen molar-refractivity contribution in [1.29, 1.82) is 0 Å². The average Bonchev–Trinajstić information content (AvgIpc) is 2.46. The fourth-order valence-electron chi connectivity index (χ4n) is 1.66. The van der Waals surface area contributed by atoms with Gasteiger partial charge in [0.1, 0.15) is 18.2 Å². The minimum Gasteiger partial charge on any atom is -0.487 e. The van der Waals surface area contributed by atoms with Crippen LogP contribution in [0.15, 0.2) is 36.7 Å². The van der Waals surface area contributed by atoms with Gasteiger partial charge in [0.15, 0.2) is 0 Å². The Kier molecular flexibility index (Phi) is 4.97. The maximum Gasteiger partial charge on any atom is 0.139 e. The molecule has 0 saturated carbocycles. The highest BCUT2D eigenvalue weighted by Crippen LogP contribution is 2.16. The monoisotopic (exact) mass is 289 g/mol. The van der Waals surface area contributed by atoms with E-state index in [-0.39, 0.29) is 18.3 Å². The van der Waals surface area contributed by atoms with Crippen LogP contribution in [0.25, 0.3) is 0 Å². The summed E-state index contributed by atoms with van der Waals surface area (Å²) < 4.78 is 18.8. The molecule has 20 heavy (non-hydrogen) atoms. The van der Waals surface area contributed by atoms with Crippen molar-refractivity contribution in [1.82, 2.24) is 4.98 Å². The summed E-state index contributed by atoms with van der Waals surface area (Å²) in [6.45, 7) is 2.20. The zero-order chi connectivity index (χ0) is 14.4. The summed E-state index contributed by atoms with van der Waals surface area (Å²) in [6, 6.07) is 6.42. The Morgan fingerprint density at radius 1 is 1.30 bits per heavy atom. The van der Waals surface area contributed by atoms with Gasteiger partial charge in [0.2, 0.25) is 0 Å². The van der Waals surface area contributed by atoms with Crippen molar-refractivity contribution in [2.24, 2.45) is 0 Å². The highest BCUT2D eigenvalue weighted by molar-refractivity contribution is 6.19. The van der Waals surface area contributed by atoms with Gasteiger partial charge in [-0.05, 0) is 36.2 Å². The van der Waals surface area contributed by atoms with E-state index in [0.717, 1.165) is 16.7 Å². The number of aryl methyl sites for hydroxylation is 1. The van der Waals surface area contributed by atoms with Crippen LogP contribution >= 0.6 is 11.6 Å². The number of ether oxygens (including phenoxy) is 1. The molecule has 2 aromatic rings. The quantitative estimate of drug-likeness (QED) is 0.635. The van der Waals surface area contributed by atoms with E-state index in [4.69, 9.17) is 16.3 Å². The van der Waals surface area contributed by atoms with Crippen molar-refractivity contribution in [2.45, 2.75) is 13.5 Å². The van der Waals surface area contributed by atoms with E-state index >= 15 is 0 Å². The van der Waals surface area contributed by atoms with Gasteiger partial charge < -0.3 is 4.74 Å². The zero-order valence-corrected chi connectivity index (χ0v) is 11.7. The number of hydrogen-bond acceptors (Lipinski definition) is 2. The molecular weight excluding hydrogens is 277 g/mol. The molecule has 1 heterocycles. The number of halogens is 2. The Labute approximate surface area is 122 Å². The standard InChI is InChI=1S/C16H13ClFNO/c1-12-4-5-15(18)8-14(12)11-20-16-7-13(3-2-6-17)9-19-10-16/h4-5,7-10H,6,11H2,1H3. The summed E-state index contributed by atoms with van der Waals surface area (Å²) in [6.07, 6.45) is 3.24. The fourth-order valence-corrected chi connectivity index (χ4v) is 1.73. The lowest BCUT2D eigenvalue weighted by Crippen LogP contribution is -1.99. The van der Waals surface area contributed by atoms with Crippen molar-refractivity contribution in [3.05, 3.63) is 59.2 Å². The van der Waals surface area contributed by atoms with Gasteiger partial charge in [-0.15, -0.1) is 11.6 Å². The Morgan fingerprint density at radius 2 is 2.15 bits per heavy atom. The van der Waals surface area contributed by atoms with Gasteiger partial charge >= 0.3 is 0 Å². The largest absolute Gasteiger partial charge is 0.487 e. The molecule has 0 saturated heterocycles. The van der Waals surface area contributed by atoms with Crippen LogP contribution < -0.4 is 4.74 Å². The van der Waals surface area contributed by atoms with Gasteiger partial charge in [-0.2, -0.15) is 0 Å². The van der Waals surface area contributed by atoms with Crippen LogP contribution in [0.2, 0.25) is 0 Å². The van der Waals surface area contributed by atoms with Gasteiger partial charge in [-0.1, -0.05) is 17.9 Å². The Bertz CT molecular complexity index is 661. The molecule has 2 nitrogen and oxygen atoms in total. The molecule has 0 aliphatic heterocycles. The summed E-state index contributed by atoms with van der Waals surface area (Å²) in [4.78, 5) is 4.05. The Morgan fingerprint density at radius 3 is 2.95 bits per heavy atom. The molecule has 0 spiro atoms. The third-order valence-corrected chi connectivity index (χ3v) is 2.85. The van der Waals surface area contributed by atoms with E-state index in [0.29, 0.717) is 5.75 Å². The minimum absolute atomic E-state index is 0.269. The molecule has 0 fully saturated rings. The predicted octanol–water partition coefficient (Wildman–Crippen LogP) is 3.70. The molecule has 0 amide bonds. The number of benzene rings is 1. The molecule has 102 valence electrons. The summed E-state index contributed by atoms with van der Waals surface area (Å²) in [5, 5.41) is 0. The van der Waals surface area contributed by atoms with E-state index in [1.165, 1.54) is 12.1 Å². The van der Waals surface area contributed by atoms with E-state index in [1.807, 2.05) is 6.92 Å². The molecule has 2 rings (SSSR count). The SMILES string of the molecule is Cc1ccc(F)cc1COc1cncc(C#CCCl)c1. The lowest BCUT2D eigenvalue weighted by molar-refractivity contribution is 0.303. The lowest BCUT2D eigenvalue weighted by atomic mass is 10.1. The van der Waals surface area contributed by atoms with Crippen molar-refractivity contribution in [3.63, 3.8) is 0 Å². The number of nitrogens with zero attached hydrogens (tertiary/aromatic N) is 1. The Hall–Kier alpha value is -2.05. The molecule has 0 aliphatic rings. The number of alkyl halides is 1. The van der Waals surface area contributed by atoms with Crippen LogP contribution in [0.3, 0.4) is 0 Å². The van der Waals surface area contributed by atoms with Crippen LogP contribution in [-0.4, -0.2) is 10.9 Å². The molecule has 1 aromatic heterocycles. The van der Waals surface area contributed by atoms with Gasteiger partial charge in [0.05, 0.1) is 12.1 Å². The molecule has 4 heteroatoms. The second-order valence-electron chi connectivity index (χ2n) is 4.20. The zero-order valence-electron chi connectivity index (χ0n) is 11.0. The maximum atomic E-state index is 13.2. The first-order valence-electron chi connectivity index (χ1n) is 6.07. The normalized spacial score (nSPS) is 9.75. The molecule has 0 atom stereocenters. The van der Waals surface area contributed by atoms with E-state index < -0.39 is 0 Å². The molecule has 0 N–H and O–H groups in total. The van der Waals surface area contributed by atoms with Crippen molar-refractivity contribution in [2.75, 3.05) is 5.88 Å². The summed E-state index contributed by atoms with van der Waals surface area (Å²) in [5.41, 5.74) is 2.53. The van der Waals surface area contributed by atoms with Gasteiger partial charge in [-0.25, -0.2) is 4.39 Å². The van der Waals surface area contributed by atoms with Crippen LogP contribution in [0.1, 0.15) is 16.7 Å². The smallest absolute Gasteiger partial charge is 0.139 e. The molecule has 0 aliphatic carbocycles. The predicted molar refractivity (Wildman–Crippen MR) is 77.3 cm³/mol. The Balaban J connectivity index is 2.09. The number of aromatic nitrogens is 1. The summed E-state index contributed by atoms with van der Waals surface area (Å²) in [5.74, 6) is 6.22. The van der Waals surface area contributed by atoms with Gasteiger partial charge in [0.25, 0.3) is 0 Å². The number of rotatable bonds is 3. The van der Waals surface area contributed by atoms with E-state index in [9.17, 15) is 4.39 Å².